The molecular weight excluding hydrogens is 414 g/mol. The summed E-state index contributed by atoms with van der Waals surface area (Å²) >= 11 is 0. The third-order valence-electron chi connectivity index (χ3n) is 6.60. The summed E-state index contributed by atoms with van der Waals surface area (Å²) in [7, 11) is 0. The van der Waals surface area contributed by atoms with Gasteiger partial charge in [0.25, 0.3) is 0 Å². The molecule has 0 spiro atoms. The number of pyridine rings is 1. The molecule has 34 heavy (non-hydrogen) atoms. The molecule has 0 atom stereocenters. The number of aromatic nitrogens is 3. The van der Waals surface area contributed by atoms with E-state index in [4.69, 9.17) is 0 Å². The van der Waals surface area contributed by atoms with Gasteiger partial charge in [-0.25, -0.2) is 0 Å². The molecule has 7 rings (SSSR count). The van der Waals surface area contributed by atoms with Gasteiger partial charge in [-0.15, -0.1) is 0 Å². The Morgan fingerprint density at radius 3 is 2.15 bits per heavy atom. The molecule has 3 nitrogen and oxygen atoms in total. The Morgan fingerprint density at radius 2 is 1.32 bits per heavy atom. The van der Waals surface area contributed by atoms with Crippen LogP contribution in [-0.4, -0.2) is 14.1 Å². The Labute approximate surface area is 197 Å². The van der Waals surface area contributed by atoms with Gasteiger partial charge in [-0.05, 0) is 60.7 Å². The topological polar surface area (TPSA) is 22.8 Å². The maximum atomic E-state index is 4.48. The highest BCUT2D eigenvalue weighted by atomic mass is 15.0. The van der Waals surface area contributed by atoms with Crippen LogP contribution < -0.4 is 0 Å². The first-order valence-corrected chi connectivity index (χ1v) is 11.5. The number of hydrogen-bond donors (Lipinski definition) is 0. The van der Waals surface area contributed by atoms with E-state index in [1.165, 1.54) is 38.4 Å². The van der Waals surface area contributed by atoms with Crippen LogP contribution >= 0.6 is 0 Å². The van der Waals surface area contributed by atoms with Gasteiger partial charge in [-0.2, -0.15) is 0 Å². The van der Waals surface area contributed by atoms with Crippen LogP contribution in [0.25, 0.3) is 55.3 Å². The van der Waals surface area contributed by atoms with Gasteiger partial charge >= 0.3 is 0 Å². The molecule has 0 fully saturated rings. The minimum Gasteiger partial charge on any atom is -0.316 e. The van der Waals surface area contributed by atoms with E-state index in [-0.39, 0.29) is 0 Å². The first-order valence-electron chi connectivity index (χ1n) is 11.5. The van der Waals surface area contributed by atoms with E-state index < -0.39 is 0 Å². The fourth-order valence-corrected chi connectivity index (χ4v) is 5.00. The van der Waals surface area contributed by atoms with Crippen LogP contribution in [0, 0.1) is 0 Å². The second-order valence-electron chi connectivity index (χ2n) is 8.56. The molecule has 0 amide bonds. The normalized spacial score (nSPS) is 11.5. The molecular formula is C31H21N3. The number of nitrogens with zero attached hydrogens (tertiary/aromatic N) is 3. The summed E-state index contributed by atoms with van der Waals surface area (Å²) < 4.78 is 4.63. The quantitative estimate of drug-likeness (QED) is 0.278. The summed E-state index contributed by atoms with van der Waals surface area (Å²) in [6, 6.07) is 40.7. The van der Waals surface area contributed by atoms with Crippen molar-refractivity contribution in [3.8, 4) is 22.6 Å². The van der Waals surface area contributed by atoms with Crippen molar-refractivity contribution in [3.63, 3.8) is 0 Å². The largest absolute Gasteiger partial charge is 0.316 e. The van der Waals surface area contributed by atoms with Gasteiger partial charge < -0.3 is 9.13 Å². The van der Waals surface area contributed by atoms with Gasteiger partial charge in [0.2, 0.25) is 0 Å². The first kappa shape index (κ1) is 18.9. The van der Waals surface area contributed by atoms with Gasteiger partial charge in [0.15, 0.2) is 0 Å². The van der Waals surface area contributed by atoms with Crippen molar-refractivity contribution >= 4 is 32.7 Å². The lowest BCUT2D eigenvalue weighted by atomic mass is 10.1. The molecule has 0 saturated carbocycles. The number of benzene rings is 4. The van der Waals surface area contributed by atoms with Crippen molar-refractivity contribution < 1.29 is 0 Å². The van der Waals surface area contributed by atoms with Crippen LogP contribution in [0.3, 0.4) is 0 Å². The lowest BCUT2D eigenvalue weighted by Crippen LogP contribution is -1.95. The molecule has 0 aliphatic carbocycles. The molecule has 160 valence electrons. The monoisotopic (exact) mass is 435 g/mol. The standard InChI is InChI=1S/C31H21N3/c1-2-8-25(9-3-1)34-29-12-5-4-10-26(29)27-20-23-17-19-33(30(23)21-31(27)34)24-15-13-22(14-16-24)28-11-6-7-18-32-28/h1-21H. The molecule has 7 aromatic rings. The number of rotatable bonds is 3. The van der Waals surface area contributed by atoms with Crippen molar-refractivity contribution in [2.45, 2.75) is 0 Å². The SMILES string of the molecule is c1ccc(-n2c3ccccc3c3cc4ccn(-c5ccc(-c6ccccn6)cc5)c4cc32)cc1. The summed E-state index contributed by atoms with van der Waals surface area (Å²) in [6.07, 6.45) is 3.99. The minimum absolute atomic E-state index is 0.987. The maximum Gasteiger partial charge on any atom is 0.0701 e. The van der Waals surface area contributed by atoms with Crippen molar-refractivity contribution in [1.82, 2.24) is 14.1 Å². The van der Waals surface area contributed by atoms with Gasteiger partial charge in [0.05, 0.1) is 22.2 Å². The van der Waals surface area contributed by atoms with Crippen LogP contribution in [0.5, 0.6) is 0 Å². The fourth-order valence-electron chi connectivity index (χ4n) is 5.00. The zero-order valence-electron chi connectivity index (χ0n) is 18.5. The van der Waals surface area contributed by atoms with E-state index in [9.17, 15) is 0 Å². The third kappa shape index (κ3) is 2.87. The van der Waals surface area contributed by atoms with E-state index >= 15 is 0 Å². The van der Waals surface area contributed by atoms with Crippen LogP contribution in [0.4, 0.5) is 0 Å². The second kappa shape index (κ2) is 7.46. The molecule has 4 aromatic carbocycles. The second-order valence-corrected chi connectivity index (χ2v) is 8.56. The average Bonchev–Trinajstić information content (AvgIpc) is 3.47. The van der Waals surface area contributed by atoms with Gasteiger partial charge in [-0.1, -0.05) is 54.6 Å². The Bertz CT molecular complexity index is 1770. The molecule has 3 heterocycles. The third-order valence-corrected chi connectivity index (χ3v) is 6.60. The number of hydrogen-bond acceptors (Lipinski definition) is 1. The highest BCUT2D eigenvalue weighted by Gasteiger charge is 2.14. The van der Waals surface area contributed by atoms with Crippen LogP contribution in [0.1, 0.15) is 0 Å². The molecule has 0 unspecified atom stereocenters. The molecule has 0 bridgehead atoms. The number of para-hydroxylation sites is 2. The maximum absolute atomic E-state index is 4.48. The predicted octanol–water partition coefficient (Wildman–Crippen LogP) is 7.79. The van der Waals surface area contributed by atoms with E-state index in [0.717, 1.165) is 16.9 Å². The van der Waals surface area contributed by atoms with Gasteiger partial charge in [0.1, 0.15) is 0 Å². The molecule has 0 saturated heterocycles. The van der Waals surface area contributed by atoms with E-state index in [1.807, 2.05) is 24.4 Å². The zero-order chi connectivity index (χ0) is 22.5. The van der Waals surface area contributed by atoms with Crippen molar-refractivity contribution in [1.29, 1.82) is 0 Å². The van der Waals surface area contributed by atoms with Crippen LogP contribution in [-0.2, 0) is 0 Å². The Balaban J connectivity index is 1.44. The molecule has 3 aromatic heterocycles. The lowest BCUT2D eigenvalue weighted by molar-refractivity contribution is 1.12. The highest BCUT2D eigenvalue weighted by molar-refractivity contribution is 6.13. The summed E-state index contributed by atoms with van der Waals surface area (Å²) in [5.41, 5.74) is 8.04. The van der Waals surface area contributed by atoms with Crippen LogP contribution in [0.2, 0.25) is 0 Å². The van der Waals surface area contributed by atoms with Crippen LogP contribution in [0.15, 0.2) is 128 Å². The summed E-state index contributed by atoms with van der Waals surface area (Å²) in [5, 5.41) is 3.78. The minimum atomic E-state index is 0.987. The molecule has 3 heteroatoms. The Morgan fingerprint density at radius 1 is 0.529 bits per heavy atom. The highest BCUT2D eigenvalue weighted by Crippen LogP contribution is 2.35. The van der Waals surface area contributed by atoms with Crippen molar-refractivity contribution in [3.05, 3.63) is 128 Å². The average molecular weight is 436 g/mol. The van der Waals surface area contributed by atoms with E-state index in [0.29, 0.717) is 0 Å². The Kier molecular flexibility index (Phi) is 4.15. The zero-order valence-corrected chi connectivity index (χ0v) is 18.5. The van der Waals surface area contributed by atoms with Crippen molar-refractivity contribution in [2.24, 2.45) is 0 Å². The fraction of sp³-hybridized carbons (Fsp3) is 0. The first-order chi connectivity index (χ1) is 16.9. The van der Waals surface area contributed by atoms with Gasteiger partial charge in [-0.3, -0.25) is 4.98 Å². The summed E-state index contributed by atoms with van der Waals surface area (Å²) in [6.45, 7) is 0. The molecule has 0 aliphatic heterocycles. The molecule has 0 N–H and O–H groups in total. The molecule has 0 aliphatic rings. The van der Waals surface area contributed by atoms with E-state index in [1.54, 1.807) is 0 Å². The van der Waals surface area contributed by atoms with Crippen molar-refractivity contribution in [2.75, 3.05) is 0 Å². The lowest BCUT2D eigenvalue weighted by Gasteiger charge is -2.10. The van der Waals surface area contributed by atoms with Gasteiger partial charge in [0, 0.05) is 45.5 Å². The Hall–Kier alpha value is -4.63. The predicted molar refractivity (Wildman–Crippen MR) is 141 cm³/mol. The smallest absolute Gasteiger partial charge is 0.0701 e. The summed E-state index contributed by atoms with van der Waals surface area (Å²) in [5.74, 6) is 0. The molecule has 0 radical (unpaired) electrons. The van der Waals surface area contributed by atoms with E-state index in [2.05, 4.69) is 117 Å². The number of fused-ring (bicyclic) bond motifs is 4. The summed E-state index contributed by atoms with van der Waals surface area (Å²) in [4.78, 5) is 4.48.